The number of fused-ring (bicyclic) bond motifs is 1. The lowest BCUT2D eigenvalue weighted by molar-refractivity contribution is 0.186. The topological polar surface area (TPSA) is 56.4 Å². The minimum Gasteiger partial charge on any atom is -0.496 e. The maximum Gasteiger partial charge on any atom is 0.217 e. The molecule has 2 heterocycles. The molecule has 5 nitrogen and oxygen atoms in total. The minimum absolute atomic E-state index is 0.529. The Morgan fingerprint density at radius 2 is 1.91 bits per heavy atom. The second kappa shape index (κ2) is 6.30. The number of aromatic nitrogens is 2. The van der Waals surface area contributed by atoms with Gasteiger partial charge in [-0.2, -0.15) is 0 Å². The second-order valence-electron chi connectivity index (χ2n) is 5.33. The van der Waals surface area contributed by atoms with E-state index in [2.05, 4.69) is 22.1 Å². The highest BCUT2D eigenvalue weighted by Gasteiger charge is 2.16. The molecule has 2 aromatic heterocycles. The third-order valence-electron chi connectivity index (χ3n) is 3.88. The summed E-state index contributed by atoms with van der Waals surface area (Å²) >= 11 is 0. The second-order valence-corrected chi connectivity index (χ2v) is 5.33. The molecule has 3 aromatic rings. The summed E-state index contributed by atoms with van der Waals surface area (Å²) in [6, 6.07) is 9.86. The van der Waals surface area contributed by atoms with Crippen molar-refractivity contribution < 1.29 is 14.2 Å². The number of pyridine rings is 1. The maximum atomic E-state index is 5.36. The van der Waals surface area contributed by atoms with Gasteiger partial charge in [0, 0.05) is 41.4 Å². The number of H-pyrrole nitrogens is 1. The van der Waals surface area contributed by atoms with Crippen LogP contribution in [0.5, 0.6) is 11.6 Å². The highest BCUT2D eigenvalue weighted by Crippen LogP contribution is 2.35. The molecule has 120 valence electrons. The van der Waals surface area contributed by atoms with Crippen molar-refractivity contribution in [3.05, 3.63) is 41.6 Å². The fourth-order valence-electron chi connectivity index (χ4n) is 2.85. The molecule has 0 aliphatic heterocycles. The van der Waals surface area contributed by atoms with Crippen LogP contribution in [-0.2, 0) is 11.3 Å². The largest absolute Gasteiger partial charge is 0.496 e. The van der Waals surface area contributed by atoms with Gasteiger partial charge in [-0.1, -0.05) is 18.2 Å². The van der Waals surface area contributed by atoms with E-state index >= 15 is 0 Å². The third kappa shape index (κ3) is 2.75. The number of methoxy groups -OCH3 is 3. The summed E-state index contributed by atoms with van der Waals surface area (Å²) in [5, 5.41) is 1.11. The number of nitrogens with zero attached hydrogens (tertiary/aromatic N) is 1. The molecule has 5 heteroatoms. The number of hydrogen-bond acceptors (Lipinski definition) is 4. The molecular weight excluding hydrogens is 292 g/mol. The van der Waals surface area contributed by atoms with E-state index < -0.39 is 0 Å². The molecule has 0 radical (unpaired) electrons. The minimum atomic E-state index is 0.529. The fourth-order valence-corrected chi connectivity index (χ4v) is 2.85. The van der Waals surface area contributed by atoms with Gasteiger partial charge < -0.3 is 19.2 Å². The standard InChI is InChI=1S/C18H20N2O3/c1-11-17(15-8-13(22-3)9-16(20-15)23-4)14-7-5-6-12(10-21-2)18(14)19-11/h5-9,19H,10H2,1-4H3. The average Bonchev–Trinajstić information content (AvgIpc) is 2.91. The molecule has 0 saturated carbocycles. The molecular formula is C18H20N2O3. The van der Waals surface area contributed by atoms with Gasteiger partial charge in [0.15, 0.2) is 0 Å². The zero-order chi connectivity index (χ0) is 16.4. The van der Waals surface area contributed by atoms with Crippen LogP contribution in [0.25, 0.3) is 22.2 Å². The highest BCUT2D eigenvalue weighted by atomic mass is 16.5. The Labute approximate surface area is 135 Å². The lowest BCUT2D eigenvalue weighted by atomic mass is 10.0. The molecule has 0 unspecified atom stereocenters. The van der Waals surface area contributed by atoms with E-state index in [9.17, 15) is 0 Å². The van der Waals surface area contributed by atoms with Crippen molar-refractivity contribution in [2.45, 2.75) is 13.5 Å². The lowest BCUT2D eigenvalue weighted by Gasteiger charge is -2.08. The van der Waals surface area contributed by atoms with Crippen LogP contribution in [0.1, 0.15) is 11.3 Å². The molecule has 0 amide bonds. The van der Waals surface area contributed by atoms with Crippen LogP contribution in [0.3, 0.4) is 0 Å². The van der Waals surface area contributed by atoms with Crippen molar-refractivity contribution in [3.63, 3.8) is 0 Å². The molecule has 1 N–H and O–H groups in total. The van der Waals surface area contributed by atoms with Gasteiger partial charge in [-0.15, -0.1) is 0 Å². The molecule has 3 rings (SSSR count). The van der Waals surface area contributed by atoms with Crippen LogP contribution < -0.4 is 9.47 Å². The number of benzene rings is 1. The predicted molar refractivity (Wildman–Crippen MR) is 90.1 cm³/mol. The third-order valence-corrected chi connectivity index (χ3v) is 3.88. The SMILES string of the molecule is COCc1cccc2c(-c3cc(OC)cc(OC)n3)c(C)[nH]c12. The van der Waals surface area contributed by atoms with Crippen molar-refractivity contribution in [2.24, 2.45) is 0 Å². The summed E-state index contributed by atoms with van der Waals surface area (Å²) in [5.74, 6) is 1.25. The molecule has 1 aromatic carbocycles. The smallest absolute Gasteiger partial charge is 0.217 e. The van der Waals surface area contributed by atoms with Crippen molar-refractivity contribution in [1.29, 1.82) is 0 Å². The Balaban J connectivity index is 2.24. The zero-order valence-electron chi connectivity index (χ0n) is 13.8. The molecule has 0 aliphatic carbocycles. The molecule has 0 atom stereocenters. The van der Waals surface area contributed by atoms with Gasteiger partial charge >= 0.3 is 0 Å². The van der Waals surface area contributed by atoms with Gasteiger partial charge in [-0.3, -0.25) is 0 Å². The average molecular weight is 312 g/mol. The van der Waals surface area contributed by atoms with E-state index in [1.807, 2.05) is 19.1 Å². The van der Waals surface area contributed by atoms with Crippen molar-refractivity contribution in [1.82, 2.24) is 9.97 Å². The Morgan fingerprint density at radius 1 is 1.09 bits per heavy atom. The highest BCUT2D eigenvalue weighted by molar-refractivity contribution is 5.98. The van der Waals surface area contributed by atoms with Gasteiger partial charge in [0.05, 0.1) is 32.0 Å². The molecule has 0 spiro atoms. The van der Waals surface area contributed by atoms with E-state index in [-0.39, 0.29) is 0 Å². The van der Waals surface area contributed by atoms with Gasteiger partial charge in [0.25, 0.3) is 0 Å². The van der Waals surface area contributed by atoms with Crippen molar-refractivity contribution in [3.8, 4) is 22.9 Å². The number of hydrogen-bond donors (Lipinski definition) is 1. The van der Waals surface area contributed by atoms with Crippen LogP contribution in [0.2, 0.25) is 0 Å². The summed E-state index contributed by atoms with van der Waals surface area (Å²) in [6.07, 6.45) is 0. The first kappa shape index (κ1) is 15.4. The lowest BCUT2D eigenvalue weighted by Crippen LogP contribution is -1.93. The number of ether oxygens (including phenoxy) is 3. The molecule has 0 aliphatic rings. The normalized spacial score (nSPS) is 11.0. The number of para-hydroxylation sites is 1. The van der Waals surface area contributed by atoms with E-state index in [1.165, 1.54) is 0 Å². The van der Waals surface area contributed by atoms with Gasteiger partial charge in [-0.05, 0) is 6.92 Å². The van der Waals surface area contributed by atoms with E-state index in [0.29, 0.717) is 18.2 Å². The summed E-state index contributed by atoms with van der Waals surface area (Å²) in [5.41, 5.74) is 5.11. The van der Waals surface area contributed by atoms with Gasteiger partial charge in [-0.25, -0.2) is 4.98 Å². The first-order valence-corrected chi connectivity index (χ1v) is 7.37. The number of aromatic amines is 1. The molecule has 23 heavy (non-hydrogen) atoms. The summed E-state index contributed by atoms with van der Waals surface area (Å²) < 4.78 is 15.9. The Hall–Kier alpha value is -2.53. The Morgan fingerprint density at radius 3 is 2.61 bits per heavy atom. The summed E-state index contributed by atoms with van der Waals surface area (Å²) in [6.45, 7) is 2.60. The number of rotatable bonds is 5. The number of nitrogens with one attached hydrogen (secondary N) is 1. The first-order valence-electron chi connectivity index (χ1n) is 7.37. The quantitative estimate of drug-likeness (QED) is 0.780. The maximum absolute atomic E-state index is 5.36. The first-order chi connectivity index (χ1) is 11.2. The molecule has 0 bridgehead atoms. The predicted octanol–water partition coefficient (Wildman–Crippen LogP) is 3.70. The molecule has 0 fully saturated rings. The van der Waals surface area contributed by atoms with E-state index in [4.69, 9.17) is 14.2 Å². The number of aryl methyl sites for hydroxylation is 1. The van der Waals surface area contributed by atoms with Crippen LogP contribution >= 0.6 is 0 Å². The Bertz CT molecular complexity index is 817. The summed E-state index contributed by atoms with van der Waals surface area (Å²) in [7, 11) is 4.94. The van der Waals surface area contributed by atoms with Crippen LogP contribution in [-0.4, -0.2) is 31.3 Å². The molecule has 0 saturated heterocycles. The summed E-state index contributed by atoms with van der Waals surface area (Å²) in [4.78, 5) is 8.03. The van der Waals surface area contributed by atoms with Crippen LogP contribution in [0.15, 0.2) is 30.3 Å². The van der Waals surface area contributed by atoms with Gasteiger partial charge in [0.1, 0.15) is 5.75 Å². The van der Waals surface area contributed by atoms with Gasteiger partial charge in [0.2, 0.25) is 5.88 Å². The fraction of sp³-hybridized carbons (Fsp3) is 0.278. The van der Waals surface area contributed by atoms with Crippen LogP contribution in [0, 0.1) is 6.92 Å². The zero-order valence-corrected chi connectivity index (χ0v) is 13.8. The van der Waals surface area contributed by atoms with E-state index in [1.54, 1.807) is 27.4 Å². The van der Waals surface area contributed by atoms with Crippen LogP contribution in [0.4, 0.5) is 0 Å². The monoisotopic (exact) mass is 312 g/mol. The van der Waals surface area contributed by atoms with E-state index in [0.717, 1.165) is 33.4 Å². The van der Waals surface area contributed by atoms with Crippen molar-refractivity contribution in [2.75, 3.05) is 21.3 Å². The van der Waals surface area contributed by atoms with Crippen molar-refractivity contribution >= 4 is 10.9 Å². The Kier molecular flexibility index (Phi) is 4.21.